The second-order valence-corrected chi connectivity index (χ2v) is 7.00. The molecule has 0 aliphatic heterocycles. The lowest BCUT2D eigenvalue weighted by atomic mass is 10.2. The quantitative estimate of drug-likeness (QED) is 0.866. The molecule has 1 atom stereocenters. The molecular formula is C13H21N3O2S. The Hall–Kier alpha value is -1.14. The van der Waals surface area contributed by atoms with Crippen molar-refractivity contribution in [2.24, 2.45) is 5.92 Å². The molecule has 1 aromatic rings. The molecule has 1 unspecified atom stereocenters. The van der Waals surface area contributed by atoms with Crippen LogP contribution in [0.5, 0.6) is 0 Å². The first-order valence-electron chi connectivity index (χ1n) is 6.64. The van der Waals surface area contributed by atoms with E-state index in [1.165, 1.54) is 10.5 Å². The van der Waals surface area contributed by atoms with Gasteiger partial charge < -0.3 is 5.32 Å². The Morgan fingerprint density at radius 1 is 1.53 bits per heavy atom. The minimum atomic E-state index is -3.43. The summed E-state index contributed by atoms with van der Waals surface area (Å²) in [5.74, 6) is 1.10. The van der Waals surface area contributed by atoms with Gasteiger partial charge in [0.2, 0.25) is 10.0 Å². The van der Waals surface area contributed by atoms with Crippen molar-refractivity contribution in [1.29, 1.82) is 0 Å². The Balaban J connectivity index is 2.25. The number of rotatable bonds is 6. The SMILES string of the molecule is CCNc1cc(S(=O)(=O)N(C)C(C)C2CC2)ccn1. The van der Waals surface area contributed by atoms with Crippen molar-refractivity contribution in [2.75, 3.05) is 18.9 Å². The summed E-state index contributed by atoms with van der Waals surface area (Å²) in [7, 11) is -1.77. The largest absolute Gasteiger partial charge is 0.370 e. The van der Waals surface area contributed by atoms with Gasteiger partial charge in [-0.25, -0.2) is 13.4 Å². The highest BCUT2D eigenvalue weighted by molar-refractivity contribution is 7.89. The zero-order valence-corrected chi connectivity index (χ0v) is 12.4. The van der Waals surface area contributed by atoms with Gasteiger partial charge in [-0.05, 0) is 38.7 Å². The first-order valence-corrected chi connectivity index (χ1v) is 8.08. The number of anilines is 1. The third kappa shape index (κ3) is 3.06. The minimum Gasteiger partial charge on any atom is -0.370 e. The van der Waals surface area contributed by atoms with Crippen LogP contribution >= 0.6 is 0 Å². The van der Waals surface area contributed by atoms with E-state index < -0.39 is 10.0 Å². The van der Waals surface area contributed by atoms with Crippen molar-refractivity contribution < 1.29 is 8.42 Å². The number of hydrogen-bond acceptors (Lipinski definition) is 4. The number of pyridine rings is 1. The van der Waals surface area contributed by atoms with E-state index in [-0.39, 0.29) is 6.04 Å². The van der Waals surface area contributed by atoms with E-state index in [2.05, 4.69) is 10.3 Å². The first kappa shape index (κ1) is 14.3. The second-order valence-electron chi connectivity index (χ2n) is 5.01. The summed E-state index contributed by atoms with van der Waals surface area (Å²) in [5.41, 5.74) is 0. The summed E-state index contributed by atoms with van der Waals surface area (Å²) in [6.07, 6.45) is 3.78. The molecule has 1 fully saturated rings. The molecule has 1 aliphatic rings. The van der Waals surface area contributed by atoms with E-state index in [1.807, 2.05) is 13.8 Å². The summed E-state index contributed by atoms with van der Waals surface area (Å²) >= 11 is 0. The van der Waals surface area contributed by atoms with E-state index in [0.29, 0.717) is 23.2 Å². The van der Waals surface area contributed by atoms with Crippen molar-refractivity contribution in [3.8, 4) is 0 Å². The van der Waals surface area contributed by atoms with Crippen molar-refractivity contribution in [3.05, 3.63) is 18.3 Å². The molecular weight excluding hydrogens is 262 g/mol. The average Bonchev–Trinajstić information content (AvgIpc) is 3.22. The Morgan fingerprint density at radius 2 is 2.21 bits per heavy atom. The van der Waals surface area contributed by atoms with Crippen molar-refractivity contribution in [2.45, 2.75) is 37.6 Å². The van der Waals surface area contributed by atoms with Gasteiger partial charge in [0.1, 0.15) is 5.82 Å². The number of nitrogens with one attached hydrogen (secondary N) is 1. The van der Waals surface area contributed by atoms with Crippen LogP contribution in [-0.4, -0.2) is 37.3 Å². The van der Waals surface area contributed by atoms with Crippen molar-refractivity contribution >= 4 is 15.8 Å². The molecule has 0 spiro atoms. The van der Waals surface area contributed by atoms with E-state index >= 15 is 0 Å². The second kappa shape index (κ2) is 5.46. The van der Waals surface area contributed by atoms with Crippen LogP contribution in [0.4, 0.5) is 5.82 Å². The normalized spacial score (nSPS) is 17.5. The summed E-state index contributed by atoms with van der Waals surface area (Å²) in [6, 6.07) is 3.20. The van der Waals surface area contributed by atoms with Gasteiger partial charge in [0.25, 0.3) is 0 Å². The Kier molecular flexibility index (Phi) is 4.10. The fourth-order valence-corrected chi connectivity index (χ4v) is 3.55. The fraction of sp³-hybridized carbons (Fsp3) is 0.615. The van der Waals surface area contributed by atoms with Gasteiger partial charge in [0.15, 0.2) is 0 Å². The molecule has 1 aromatic heterocycles. The first-order chi connectivity index (χ1) is 8.96. The number of hydrogen-bond donors (Lipinski definition) is 1. The standard InChI is InChI=1S/C13H21N3O2S/c1-4-14-13-9-12(7-8-15-13)19(17,18)16(3)10(2)11-5-6-11/h7-11H,4-6H2,1-3H3,(H,14,15). The molecule has 0 aromatic carbocycles. The molecule has 106 valence electrons. The molecule has 0 bridgehead atoms. The topological polar surface area (TPSA) is 62.3 Å². The molecule has 6 heteroatoms. The van der Waals surface area contributed by atoms with Crippen molar-refractivity contribution in [1.82, 2.24) is 9.29 Å². The summed E-state index contributed by atoms with van der Waals surface area (Å²) in [4.78, 5) is 4.40. The van der Waals surface area contributed by atoms with Crippen LogP contribution in [0.15, 0.2) is 23.2 Å². The summed E-state index contributed by atoms with van der Waals surface area (Å²) in [5, 5.41) is 3.03. The molecule has 1 aliphatic carbocycles. The smallest absolute Gasteiger partial charge is 0.243 e. The van der Waals surface area contributed by atoms with Crippen LogP contribution < -0.4 is 5.32 Å². The number of sulfonamides is 1. The lowest BCUT2D eigenvalue weighted by Crippen LogP contribution is -2.36. The average molecular weight is 283 g/mol. The molecule has 2 rings (SSSR count). The predicted molar refractivity (Wildman–Crippen MR) is 75.5 cm³/mol. The van der Waals surface area contributed by atoms with Crippen LogP contribution in [0.25, 0.3) is 0 Å². The van der Waals surface area contributed by atoms with E-state index in [0.717, 1.165) is 12.8 Å². The highest BCUT2D eigenvalue weighted by atomic mass is 32.2. The van der Waals surface area contributed by atoms with Crippen LogP contribution in [0.3, 0.4) is 0 Å². The van der Waals surface area contributed by atoms with Gasteiger partial charge in [-0.3, -0.25) is 0 Å². The maximum absolute atomic E-state index is 12.5. The Bertz CT molecular complexity index is 541. The molecule has 1 saturated carbocycles. The van der Waals surface area contributed by atoms with Gasteiger partial charge in [-0.15, -0.1) is 0 Å². The summed E-state index contributed by atoms with van der Waals surface area (Å²) < 4.78 is 26.5. The van der Waals surface area contributed by atoms with E-state index in [9.17, 15) is 8.42 Å². The third-order valence-corrected chi connectivity index (χ3v) is 5.58. The van der Waals surface area contributed by atoms with Crippen molar-refractivity contribution in [3.63, 3.8) is 0 Å². The van der Waals surface area contributed by atoms with Crippen LogP contribution in [-0.2, 0) is 10.0 Å². The highest BCUT2D eigenvalue weighted by Crippen LogP contribution is 2.36. The molecule has 19 heavy (non-hydrogen) atoms. The third-order valence-electron chi connectivity index (χ3n) is 3.64. The molecule has 1 heterocycles. The highest BCUT2D eigenvalue weighted by Gasteiger charge is 2.36. The summed E-state index contributed by atoms with van der Waals surface area (Å²) in [6.45, 7) is 4.64. The van der Waals surface area contributed by atoms with E-state index in [4.69, 9.17) is 0 Å². The van der Waals surface area contributed by atoms with Gasteiger partial charge in [-0.1, -0.05) is 0 Å². The number of aromatic nitrogens is 1. The molecule has 0 radical (unpaired) electrons. The lowest BCUT2D eigenvalue weighted by Gasteiger charge is -2.24. The van der Waals surface area contributed by atoms with Gasteiger partial charge >= 0.3 is 0 Å². The van der Waals surface area contributed by atoms with E-state index in [1.54, 1.807) is 19.2 Å². The lowest BCUT2D eigenvalue weighted by molar-refractivity contribution is 0.357. The molecule has 1 N–H and O–H groups in total. The predicted octanol–water partition coefficient (Wildman–Crippen LogP) is 1.93. The Morgan fingerprint density at radius 3 is 2.79 bits per heavy atom. The zero-order valence-electron chi connectivity index (χ0n) is 11.6. The molecule has 5 nitrogen and oxygen atoms in total. The van der Waals surface area contributed by atoms with Gasteiger partial charge in [-0.2, -0.15) is 4.31 Å². The Labute approximate surface area is 115 Å². The monoisotopic (exact) mass is 283 g/mol. The van der Waals surface area contributed by atoms with Crippen LogP contribution in [0.2, 0.25) is 0 Å². The maximum atomic E-state index is 12.5. The zero-order chi connectivity index (χ0) is 14.0. The fourth-order valence-electron chi connectivity index (χ4n) is 2.11. The molecule has 0 amide bonds. The minimum absolute atomic E-state index is 0.0562. The maximum Gasteiger partial charge on any atom is 0.243 e. The van der Waals surface area contributed by atoms with Crippen LogP contribution in [0, 0.1) is 5.92 Å². The van der Waals surface area contributed by atoms with Gasteiger partial charge in [0, 0.05) is 31.9 Å². The molecule has 0 saturated heterocycles. The van der Waals surface area contributed by atoms with Gasteiger partial charge in [0.05, 0.1) is 4.90 Å². The van der Waals surface area contributed by atoms with Crippen LogP contribution in [0.1, 0.15) is 26.7 Å². The number of nitrogens with zero attached hydrogens (tertiary/aromatic N) is 2.